The molecule has 0 heterocycles. The number of hydrogen-bond acceptors (Lipinski definition) is 3. The fraction of sp³-hybridized carbons (Fsp3) is 0.200. The van der Waals surface area contributed by atoms with E-state index < -0.39 is 27.6 Å². The highest BCUT2D eigenvalue weighted by atomic mass is 32.2. The first-order chi connectivity index (χ1) is 10.7. The van der Waals surface area contributed by atoms with Crippen molar-refractivity contribution in [2.75, 3.05) is 0 Å². The Kier molecular flexibility index (Phi) is 5.08. The second kappa shape index (κ2) is 6.69. The Bertz CT molecular complexity index is 734. The second-order valence-electron chi connectivity index (χ2n) is 4.89. The van der Waals surface area contributed by atoms with Gasteiger partial charge in [0.15, 0.2) is 0 Å². The maximum Gasteiger partial charge on any atom is 0.511 e. The summed E-state index contributed by atoms with van der Waals surface area (Å²) in [6.45, 7) is 0. The molecule has 2 atom stereocenters. The van der Waals surface area contributed by atoms with Crippen LogP contribution in [0.2, 0.25) is 0 Å². The number of sulfonamides is 1. The van der Waals surface area contributed by atoms with Gasteiger partial charge < -0.3 is 5.73 Å². The number of nitrogens with one attached hydrogen (secondary N) is 1. The molecular weight excluding hydrogens is 329 g/mol. The minimum absolute atomic E-state index is 0.344. The Morgan fingerprint density at radius 3 is 1.74 bits per heavy atom. The van der Waals surface area contributed by atoms with Gasteiger partial charge in [0, 0.05) is 0 Å². The van der Waals surface area contributed by atoms with Gasteiger partial charge in [-0.1, -0.05) is 60.7 Å². The van der Waals surface area contributed by atoms with Crippen molar-refractivity contribution in [2.24, 2.45) is 5.73 Å². The topological polar surface area (TPSA) is 72.2 Å². The van der Waals surface area contributed by atoms with Gasteiger partial charge in [0.2, 0.25) is 0 Å². The summed E-state index contributed by atoms with van der Waals surface area (Å²) in [7, 11) is -5.53. The lowest BCUT2D eigenvalue weighted by atomic mass is 9.95. The Balaban J connectivity index is 2.42. The molecule has 4 nitrogen and oxygen atoms in total. The van der Waals surface area contributed by atoms with Crippen LogP contribution in [0.25, 0.3) is 0 Å². The van der Waals surface area contributed by atoms with Crippen molar-refractivity contribution in [1.29, 1.82) is 0 Å². The van der Waals surface area contributed by atoms with Crippen LogP contribution in [-0.2, 0) is 10.0 Å². The van der Waals surface area contributed by atoms with E-state index >= 15 is 0 Å². The molecule has 0 bridgehead atoms. The number of hydrogen-bond donors (Lipinski definition) is 2. The lowest BCUT2D eigenvalue weighted by Crippen LogP contribution is -2.42. The van der Waals surface area contributed by atoms with Gasteiger partial charge in [-0.3, -0.25) is 0 Å². The third kappa shape index (κ3) is 4.10. The normalized spacial score (nSPS) is 15.1. The molecule has 0 aliphatic heterocycles. The molecule has 2 rings (SSSR count). The molecule has 0 amide bonds. The van der Waals surface area contributed by atoms with E-state index in [0.717, 1.165) is 0 Å². The molecule has 0 aliphatic carbocycles. The maximum absolute atomic E-state index is 12.7. The number of benzene rings is 2. The van der Waals surface area contributed by atoms with Crippen molar-refractivity contribution in [1.82, 2.24) is 4.72 Å². The van der Waals surface area contributed by atoms with Crippen molar-refractivity contribution in [3.8, 4) is 0 Å². The van der Waals surface area contributed by atoms with Crippen LogP contribution < -0.4 is 10.5 Å². The van der Waals surface area contributed by atoms with Gasteiger partial charge in [-0.05, 0) is 11.1 Å². The third-order valence-corrected chi connectivity index (χ3v) is 4.46. The monoisotopic (exact) mass is 344 g/mol. The molecule has 0 saturated carbocycles. The van der Waals surface area contributed by atoms with Gasteiger partial charge in [0.05, 0.1) is 12.1 Å². The first-order valence-corrected chi connectivity index (χ1v) is 8.15. The van der Waals surface area contributed by atoms with Crippen molar-refractivity contribution in [3.63, 3.8) is 0 Å². The predicted octanol–water partition coefficient (Wildman–Crippen LogP) is 2.87. The van der Waals surface area contributed by atoms with Gasteiger partial charge in [-0.2, -0.15) is 17.9 Å². The molecule has 2 aromatic rings. The third-order valence-electron chi connectivity index (χ3n) is 3.29. The number of alkyl halides is 3. The van der Waals surface area contributed by atoms with E-state index in [2.05, 4.69) is 0 Å². The standard InChI is InChI=1S/C15H15F3N2O2S/c16-15(17,18)23(21,22)20-14(12-9-5-2-6-10-12)13(19)11-7-3-1-4-8-11/h1-10,13-14,20H,19H2/t13?,14-/m1/s1. The Labute approximate surface area is 132 Å². The van der Waals surface area contributed by atoms with E-state index in [9.17, 15) is 21.6 Å². The molecule has 0 aliphatic rings. The van der Waals surface area contributed by atoms with Crippen LogP contribution in [0.15, 0.2) is 60.7 Å². The van der Waals surface area contributed by atoms with Crippen LogP contribution in [0.5, 0.6) is 0 Å². The van der Waals surface area contributed by atoms with Crippen molar-refractivity contribution in [2.45, 2.75) is 17.6 Å². The first-order valence-electron chi connectivity index (χ1n) is 6.66. The molecular formula is C15H15F3N2O2S. The van der Waals surface area contributed by atoms with Crippen LogP contribution in [0.4, 0.5) is 13.2 Å². The summed E-state index contributed by atoms with van der Waals surface area (Å²) in [6, 6.07) is 14.0. The van der Waals surface area contributed by atoms with Crippen molar-refractivity contribution >= 4 is 10.0 Å². The Hall–Kier alpha value is -1.90. The molecule has 0 spiro atoms. The van der Waals surface area contributed by atoms with E-state index in [1.54, 1.807) is 53.3 Å². The largest absolute Gasteiger partial charge is 0.511 e. The quantitative estimate of drug-likeness (QED) is 0.876. The maximum atomic E-state index is 12.7. The van der Waals surface area contributed by atoms with Crippen LogP contribution in [0, 0.1) is 0 Å². The van der Waals surface area contributed by atoms with Gasteiger partial charge in [-0.25, -0.2) is 8.42 Å². The fourth-order valence-corrected chi connectivity index (χ4v) is 2.86. The predicted molar refractivity (Wildman–Crippen MR) is 80.7 cm³/mol. The van der Waals surface area contributed by atoms with Crippen LogP contribution in [0.1, 0.15) is 23.2 Å². The Morgan fingerprint density at radius 2 is 1.30 bits per heavy atom. The zero-order chi connectivity index (χ0) is 17.1. The molecule has 0 aromatic heterocycles. The summed E-state index contributed by atoms with van der Waals surface area (Å²) in [5, 5.41) is 0. The molecule has 1 unspecified atom stereocenters. The molecule has 0 fully saturated rings. The summed E-state index contributed by atoms with van der Waals surface area (Å²) >= 11 is 0. The van der Waals surface area contributed by atoms with Crippen LogP contribution in [-0.4, -0.2) is 13.9 Å². The smallest absolute Gasteiger partial charge is 0.322 e. The van der Waals surface area contributed by atoms with Gasteiger partial charge >= 0.3 is 15.5 Å². The second-order valence-corrected chi connectivity index (χ2v) is 6.60. The van der Waals surface area contributed by atoms with Crippen LogP contribution in [0.3, 0.4) is 0 Å². The molecule has 8 heteroatoms. The van der Waals surface area contributed by atoms with Gasteiger partial charge in [-0.15, -0.1) is 0 Å². The lowest BCUT2D eigenvalue weighted by molar-refractivity contribution is -0.0451. The summed E-state index contributed by atoms with van der Waals surface area (Å²) in [5.74, 6) is 0. The number of nitrogens with two attached hydrogens (primary N) is 1. The zero-order valence-electron chi connectivity index (χ0n) is 11.9. The van der Waals surface area contributed by atoms with E-state index in [1.165, 1.54) is 12.1 Å². The SMILES string of the molecule is NC(c1ccccc1)[C@H](NS(=O)(=O)C(F)(F)F)c1ccccc1. The average Bonchev–Trinajstić information content (AvgIpc) is 2.52. The summed E-state index contributed by atoms with van der Waals surface area (Å²) in [6.07, 6.45) is 0. The van der Waals surface area contributed by atoms with E-state index in [4.69, 9.17) is 5.73 Å². The molecule has 3 N–H and O–H groups in total. The van der Waals surface area contributed by atoms with Crippen molar-refractivity contribution in [3.05, 3.63) is 71.8 Å². The molecule has 2 aromatic carbocycles. The molecule has 124 valence electrons. The average molecular weight is 344 g/mol. The number of rotatable bonds is 5. The number of halogens is 3. The lowest BCUT2D eigenvalue weighted by Gasteiger charge is -2.26. The first kappa shape index (κ1) is 17.5. The fourth-order valence-electron chi connectivity index (χ4n) is 2.11. The van der Waals surface area contributed by atoms with Gasteiger partial charge in [0.1, 0.15) is 0 Å². The minimum Gasteiger partial charge on any atom is -0.322 e. The summed E-state index contributed by atoms with van der Waals surface area (Å²) in [4.78, 5) is 0. The molecule has 0 radical (unpaired) electrons. The summed E-state index contributed by atoms with van der Waals surface area (Å²) in [5.41, 5.74) is 1.48. The van der Waals surface area contributed by atoms with Crippen LogP contribution >= 0.6 is 0 Å². The van der Waals surface area contributed by atoms with E-state index in [1.807, 2.05) is 0 Å². The minimum atomic E-state index is -5.53. The molecule has 0 saturated heterocycles. The van der Waals surface area contributed by atoms with Crippen molar-refractivity contribution < 1.29 is 21.6 Å². The Morgan fingerprint density at radius 1 is 0.870 bits per heavy atom. The van der Waals surface area contributed by atoms with E-state index in [-0.39, 0.29) is 0 Å². The highest BCUT2D eigenvalue weighted by Crippen LogP contribution is 2.31. The van der Waals surface area contributed by atoms with Gasteiger partial charge in [0.25, 0.3) is 0 Å². The zero-order valence-corrected chi connectivity index (χ0v) is 12.7. The summed E-state index contributed by atoms with van der Waals surface area (Å²) < 4.78 is 62.7. The highest BCUT2D eigenvalue weighted by molar-refractivity contribution is 7.90. The highest BCUT2D eigenvalue weighted by Gasteiger charge is 2.47. The van der Waals surface area contributed by atoms with E-state index in [0.29, 0.717) is 11.1 Å². The molecule has 23 heavy (non-hydrogen) atoms.